The first-order chi connectivity index (χ1) is 6.67. The summed E-state index contributed by atoms with van der Waals surface area (Å²) in [6, 6.07) is 5.76. The minimum Gasteiger partial charge on any atom is -0.490 e. The van der Waals surface area contributed by atoms with Crippen LogP contribution in [0.25, 0.3) is 0 Å². The number of hydrogen-bond acceptors (Lipinski definition) is 1. The van der Waals surface area contributed by atoms with Gasteiger partial charge in [0.25, 0.3) is 0 Å². The highest BCUT2D eigenvalue weighted by Crippen LogP contribution is 2.24. The van der Waals surface area contributed by atoms with Crippen LogP contribution >= 0.6 is 11.6 Å². The van der Waals surface area contributed by atoms with E-state index in [2.05, 4.69) is 13.8 Å². The highest BCUT2D eigenvalue weighted by Gasteiger charge is 2.07. The van der Waals surface area contributed by atoms with Crippen LogP contribution in [0, 0.1) is 6.92 Å². The van der Waals surface area contributed by atoms with Crippen molar-refractivity contribution in [1.29, 1.82) is 0 Å². The molecule has 0 saturated heterocycles. The average molecular weight is 213 g/mol. The molecule has 0 atom stereocenters. The maximum Gasteiger partial charge on any atom is 0.124 e. The number of halogens is 1. The Balaban J connectivity index is 2.79. The summed E-state index contributed by atoms with van der Waals surface area (Å²) in [5, 5.41) is 0.733. The largest absolute Gasteiger partial charge is 0.490 e. The number of ether oxygens (including phenoxy) is 1. The highest BCUT2D eigenvalue weighted by atomic mass is 35.5. The molecule has 0 heterocycles. The van der Waals surface area contributed by atoms with Crippen molar-refractivity contribution in [2.45, 2.75) is 39.7 Å². The van der Waals surface area contributed by atoms with E-state index >= 15 is 0 Å². The van der Waals surface area contributed by atoms with E-state index in [9.17, 15) is 0 Å². The predicted octanol–water partition coefficient (Wildman–Crippen LogP) is 4.22. The Hall–Kier alpha value is -0.690. The van der Waals surface area contributed by atoms with Crippen molar-refractivity contribution in [3.05, 3.63) is 28.8 Å². The zero-order valence-electron chi connectivity index (χ0n) is 9.01. The molecule has 0 unspecified atom stereocenters. The summed E-state index contributed by atoms with van der Waals surface area (Å²) in [6.45, 7) is 6.30. The highest BCUT2D eigenvalue weighted by molar-refractivity contribution is 6.30. The Labute approximate surface area is 91.0 Å². The monoisotopic (exact) mass is 212 g/mol. The molecular weight excluding hydrogens is 196 g/mol. The second kappa shape index (κ2) is 5.26. The van der Waals surface area contributed by atoms with E-state index in [1.54, 1.807) is 0 Å². The van der Waals surface area contributed by atoms with Gasteiger partial charge in [-0.15, -0.1) is 0 Å². The van der Waals surface area contributed by atoms with Crippen molar-refractivity contribution in [1.82, 2.24) is 0 Å². The first kappa shape index (κ1) is 11.4. The van der Waals surface area contributed by atoms with Gasteiger partial charge >= 0.3 is 0 Å². The molecule has 0 aliphatic rings. The summed E-state index contributed by atoms with van der Waals surface area (Å²) < 4.78 is 5.84. The Morgan fingerprint density at radius 3 is 2.50 bits per heavy atom. The molecule has 0 bridgehead atoms. The van der Waals surface area contributed by atoms with Gasteiger partial charge in [-0.05, 0) is 37.5 Å². The van der Waals surface area contributed by atoms with Crippen LogP contribution in [-0.2, 0) is 0 Å². The lowest BCUT2D eigenvalue weighted by molar-refractivity contribution is 0.191. The van der Waals surface area contributed by atoms with E-state index in [4.69, 9.17) is 16.3 Å². The summed E-state index contributed by atoms with van der Waals surface area (Å²) >= 11 is 5.91. The van der Waals surface area contributed by atoms with E-state index in [1.165, 1.54) is 0 Å². The van der Waals surface area contributed by atoms with Gasteiger partial charge in [0.05, 0.1) is 6.10 Å². The maximum absolute atomic E-state index is 5.91. The molecule has 0 aliphatic heterocycles. The smallest absolute Gasteiger partial charge is 0.124 e. The van der Waals surface area contributed by atoms with Gasteiger partial charge < -0.3 is 4.74 Å². The van der Waals surface area contributed by atoms with Crippen LogP contribution in [0.4, 0.5) is 0 Å². The molecule has 1 aromatic rings. The Morgan fingerprint density at radius 1 is 1.29 bits per heavy atom. The van der Waals surface area contributed by atoms with Crippen molar-refractivity contribution in [2.24, 2.45) is 0 Å². The molecule has 0 amide bonds. The molecule has 2 heteroatoms. The lowest BCUT2D eigenvalue weighted by atomic mass is 10.2. The van der Waals surface area contributed by atoms with Gasteiger partial charge in [-0.3, -0.25) is 0 Å². The predicted molar refractivity (Wildman–Crippen MR) is 61.2 cm³/mol. The molecule has 14 heavy (non-hydrogen) atoms. The normalized spacial score (nSPS) is 10.6. The van der Waals surface area contributed by atoms with E-state index < -0.39 is 0 Å². The van der Waals surface area contributed by atoms with Gasteiger partial charge in [0.15, 0.2) is 0 Å². The Morgan fingerprint density at radius 2 is 1.93 bits per heavy atom. The zero-order valence-corrected chi connectivity index (χ0v) is 9.77. The van der Waals surface area contributed by atoms with Crippen LogP contribution in [0.15, 0.2) is 18.2 Å². The van der Waals surface area contributed by atoms with E-state index in [-0.39, 0.29) is 0 Å². The van der Waals surface area contributed by atoms with Crippen LogP contribution in [-0.4, -0.2) is 6.10 Å². The molecule has 0 radical (unpaired) electrons. The van der Waals surface area contributed by atoms with Crippen LogP contribution < -0.4 is 4.74 Å². The zero-order chi connectivity index (χ0) is 10.6. The van der Waals surface area contributed by atoms with Gasteiger partial charge in [0.1, 0.15) is 5.75 Å². The third-order valence-corrected chi connectivity index (χ3v) is 2.59. The third-order valence-electron chi connectivity index (χ3n) is 2.35. The minimum atomic E-state index is 0.298. The number of aryl methyl sites for hydroxylation is 1. The summed E-state index contributed by atoms with van der Waals surface area (Å²) in [7, 11) is 0. The molecule has 0 aliphatic carbocycles. The van der Waals surface area contributed by atoms with Gasteiger partial charge in [-0.25, -0.2) is 0 Å². The lowest BCUT2D eigenvalue weighted by Crippen LogP contribution is -2.14. The van der Waals surface area contributed by atoms with Crippen LogP contribution in [0.2, 0.25) is 5.02 Å². The fraction of sp³-hybridized carbons (Fsp3) is 0.500. The second-order valence-electron chi connectivity index (χ2n) is 3.47. The van der Waals surface area contributed by atoms with Crippen molar-refractivity contribution in [3.8, 4) is 5.75 Å². The maximum atomic E-state index is 5.91. The topological polar surface area (TPSA) is 9.23 Å². The molecule has 0 N–H and O–H groups in total. The quantitative estimate of drug-likeness (QED) is 0.727. The number of hydrogen-bond donors (Lipinski definition) is 0. The molecule has 1 nitrogen and oxygen atoms in total. The van der Waals surface area contributed by atoms with Crippen molar-refractivity contribution in [3.63, 3.8) is 0 Å². The molecule has 0 spiro atoms. The molecular formula is C12H17ClO. The van der Waals surface area contributed by atoms with Crippen LogP contribution in [0.5, 0.6) is 5.75 Å². The van der Waals surface area contributed by atoms with Gasteiger partial charge in [0.2, 0.25) is 0 Å². The SMILES string of the molecule is CCC(CC)Oc1cc(Cl)ccc1C. The standard InChI is InChI=1S/C12H17ClO/c1-4-11(5-2)14-12-8-10(13)7-6-9(12)3/h6-8,11H,4-5H2,1-3H3. The Bertz CT molecular complexity index is 292. The van der Waals surface area contributed by atoms with E-state index in [0.29, 0.717) is 6.10 Å². The molecule has 0 aromatic heterocycles. The summed E-state index contributed by atoms with van der Waals surface area (Å²) in [6.07, 6.45) is 2.36. The van der Waals surface area contributed by atoms with Gasteiger partial charge in [-0.2, -0.15) is 0 Å². The van der Waals surface area contributed by atoms with Gasteiger partial charge in [-0.1, -0.05) is 31.5 Å². The first-order valence-electron chi connectivity index (χ1n) is 5.10. The minimum absolute atomic E-state index is 0.298. The van der Waals surface area contributed by atoms with Crippen molar-refractivity contribution < 1.29 is 4.74 Å². The van der Waals surface area contributed by atoms with Crippen molar-refractivity contribution in [2.75, 3.05) is 0 Å². The van der Waals surface area contributed by atoms with E-state index in [1.807, 2.05) is 25.1 Å². The summed E-state index contributed by atoms with van der Waals surface area (Å²) in [5.41, 5.74) is 1.14. The summed E-state index contributed by atoms with van der Waals surface area (Å²) in [4.78, 5) is 0. The van der Waals surface area contributed by atoms with Crippen LogP contribution in [0.3, 0.4) is 0 Å². The fourth-order valence-corrected chi connectivity index (χ4v) is 1.50. The lowest BCUT2D eigenvalue weighted by Gasteiger charge is -2.17. The van der Waals surface area contributed by atoms with Crippen molar-refractivity contribution >= 4 is 11.6 Å². The fourth-order valence-electron chi connectivity index (χ4n) is 1.34. The molecule has 0 fully saturated rings. The first-order valence-corrected chi connectivity index (χ1v) is 5.48. The third kappa shape index (κ3) is 2.91. The number of benzene rings is 1. The van der Waals surface area contributed by atoms with E-state index in [0.717, 1.165) is 29.2 Å². The van der Waals surface area contributed by atoms with Crippen LogP contribution in [0.1, 0.15) is 32.3 Å². The molecule has 0 saturated carbocycles. The second-order valence-corrected chi connectivity index (χ2v) is 3.90. The average Bonchev–Trinajstić information content (AvgIpc) is 2.19. The molecule has 78 valence electrons. The summed E-state index contributed by atoms with van der Waals surface area (Å²) in [5.74, 6) is 0.909. The number of rotatable bonds is 4. The van der Waals surface area contributed by atoms with Gasteiger partial charge in [0, 0.05) is 5.02 Å². The Kier molecular flexibility index (Phi) is 4.27. The molecule has 1 rings (SSSR count). The molecule has 1 aromatic carbocycles.